The number of rotatable bonds is 2. The second-order valence-electron chi connectivity index (χ2n) is 4.88. The predicted molar refractivity (Wildman–Crippen MR) is 79.0 cm³/mol. The molecule has 1 aromatic carbocycles. The van der Waals surface area contributed by atoms with Crippen LogP contribution in [0.25, 0.3) is 0 Å². The molecule has 0 spiro atoms. The van der Waals surface area contributed by atoms with Crippen LogP contribution in [0.15, 0.2) is 18.2 Å². The van der Waals surface area contributed by atoms with Gasteiger partial charge in [-0.25, -0.2) is 4.98 Å². The second-order valence-corrected chi connectivity index (χ2v) is 5.94. The summed E-state index contributed by atoms with van der Waals surface area (Å²) in [7, 11) is 1.64. The van der Waals surface area contributed by atoms with Crippen LogP contribution in [0.2, 0.25) is 0 Å². The van der Waals surface area contributed by atoms with E-state index in [2.05, 4.69) is 11.1 Å². The van der Waals surface area contributed by atoms with Crippen LogP contribution >= 0.6 is 11.3 Å². The lowest BCUT2D eigenvalue weighted by atomic mass is 9.85. The van der Waals surface area contributed by atoms with E-state index in [-0.39, 0.29) is 5.92 Å². The third-order valence-corrected chi connectivity index (χ3v) is 4.75. The number of ether oxygens (including phenoxy) is 1. The zero-order valence-corrected chi connectivity index (χ0v) is 12.0. The standard InChI is InChI=1S/C15H15N3OS/c1-19-13-7-9(8-16)5-6-10(13)11-3-2-4-12-14(11)20-15(17)18-12/h5-7,11H,2-4H2,1H3,(H2,17,18). The Morgan fingerprint density at radius 3 is 3.10 bits per heavy atom. The Morgan fingerprint density at radius 2 is 2.35 bits per heavy atom. The maximum Gasteiger partial charge on any atom is 0.180 e. The number of thiazole rings is 1. The molecule has 5 heteroatoms. The van der Waals surface area contributed by atoms with Crippen LogP contribution in [0.1, 0.15) is 40.5 Å². The lowest BCUT2D eigenvalue weighted by Crippen LogP contribution is -2.10. The van der Waals surface area contributed by atoms with Gasteiger partial charge in [0, 0.05) is 16.4 Å². The van der Waals surface area contributed by atoms with Crippen LogP contribution < -0.4 is 10.5 Å². The number of hydrogen-bond donors (Lipinski definition) is 1. The third-order valence-electron chi connectivity index (χ3n) is 3.70. The lowest BCUT2D eigenvalue weighted by Gasteiger charge is -2.23. The average Bonchev–Trinajstić information content (AvgIpc) is 2.86. The molecule has 0 bridgehead atoms. The van der Waals surface area contributed by atoms with E-state index in [9.17, 15) is 0 Å². The molecule has 102 valence electrons. The molecule has 0 fully saturated rings. The molecule has 1 aliphatic rings. The molecule has 20 heavy (non-hydrogen) atoms. The van der Waals surface area contributed by atoms with E-state index in [1.54, 1.807) is 24.5 Å². The Balaban J connectivity index is 2.08. The van der Waals surface area contributed by atoms with E-state index < -0.39 is 0 Å². The molecule has 1 atom stereocenters. The summed E-state index contributed by atoms with van der Waals surface area (Å²) in [6.07, 6.45) is 3.17. The maximum atomic E-state index is 8.99. The number of nitrogen functional groups attached to an aromatic ring is 1. The number of aromatic nitrogens is 1. The summed E-state index contributed by atoms with van der Waals surface area (Å²) in [5, 5.41) is 9.62. The number of nitriles is 1. The molecule has 1 unspecified atom stereocenters. The van der Waals surface area contributed by atoms with Crippen LogP contribution in [0.3, 0.4) is 0 Å². The van der Waals surface area contributed by atoms with Gasteiger partial charge < -0.3 is 10.5 Å². The van der Waals surface area contributed by atoms with Crippen molar-refractivity contribution in [2.75, 3.05) is 12.8 Å². The summed E-state index contributed by atoms with van der Waals surface area (Å²) in [5.41, 5.74) is 8.71. The third kappa shape index (κ3) is 2.12. The van der Waals surface area contributed by atoms with Gasteiger partial charge in [0.2, 0.25) is 0 Å². The summed E-state index contributed by atoms with van der Waals surface area (Å²) < 4.78 is 5.46. The van der Waals surface area contributed by atoms with Gasteiger partial charge in [-0.1, -0.05) is 6.07 Å². The number of methoxy groups -OCH3 is 1. The molecular formula is C15H15N3OS. The highest BCUT2D eigenvalue weighted by atomic mass is 32.1. The summed E-state index contributed by atoms with van der Waals surface area (Å²) in [6, 6.07) is 7.78. The minimum atomic E-state index is 0.274. The predicted octanol–water partition coefficient (Wildman–Crippen LogP) is 3.07. The average molecular weight is 285 g/mol. The van der Waals surface area contributed by atoms with Crippen LogP contribution in [-0.2, 0) is 6.42 Å². The summed E-state index contributed by atoms with van der Waals surface area (Å²) >= 11 is 1.57. The molecule has 3 rings (SSSR count). The van der Waals surface area contributed by atoms with Gasteiger partial charge >= 0.3 is 0 Å². The van der Waals surface area contributed by atoms with Gasteiger partial charge in [-0.05, 0) is 31.4 Å². The van der Waals surface area contributed by atoms with Crippen molar-refractivity contribution in [3.8, 4) is 11.8 Å². The molecular weight excluding hydrogens is 270 g/mol. The van der Waals surface area contributed by atoms with Gasteiger partial charge in [-0.15, -0.1) is 11.3 Å². The van der Waals surface area contributed by atoms with Crippen molar-refractivity contribution in [3.63, 3.8) is 0 Å². The monoisotopic (exact) mass is 285 g/mol. The van der Waals surface area contributed by atoms with Crippen molar-refractivity contribution in [3.05, 3.63) is 39.9 Å². The van der Waals surface area contributed by atoms with E-state index >= 15 is 0 Å². The summed E-state index contributed by atoms with van der Waals surface area (Å²) in [6.45, 7) is 0. The Kier molecular flexibility index (Phi) is 3.33. The fourth-order valence-electron chi connectivity index (χ4n) is 2.80. The zero-order chi connectivity index (χ0) is 14.1. The Hall–Kier alpha value is -2.06. The molecule has 2 aromatic rings. The number of hydrogen-bond acceptors (Lipinski definition) is 5. The number of benzene rings is 1. The smallest absolute Gasteiger partial charge is 0.180 e. The number of anilines is 1. The molecule has 1 heterocycles. The van der Waals surface area contributed by atoms with Gasteiger partial charge in [0.25, 0.3) is 0 Å². The highest BCUT2D eigenvalue weighted by Crippen LogP contribution is 2.43. The fourth-order valence-corrected chi connectivity index (χ4v) is 3.84. The molecule has 0 aliphatic heterocycles. The Labute approximate surface area is 121 Å². The topological polar surface area (TPSA) is 71.9 Å². The summed E-state index contributed by atoms with van der Waals surface area (Å²) in [4.78, 5) is 5.67. The lowest BCUT2D eigenvalue weighted by molar-refractivity contribution is 0.405. The van der Waals surface area contributed by atoms with Crippen molar-refractivity contribution in [2.24, 2.45) is 0 Å². The molecule has 1 aliphatic carbocycles. The molecule has 1 aromatic heterocycles. The molecule has 2 N–H and O–H groups in total. The molecule has 0 amide bonds. The van der Waals surface area contributed by atoms with Gasteiger partial charge in [0.1, 0.15) is 5.75 Å². The van der Waals surface area contributed by atoms with E-state index in [0.29, 0.717) is 10.7 Å². The fraction of sp³-hybridized carbons (Fsp3) is 0.333. The number of nitrogens with two attached hydrogens (primary N) is 1. The van der Waals surface area contributed by atoms with E-state index in [4.69, 9.17) is 15.7 Å². The number of fused-ring (bicyclic) bond motifs is 1. The Bertz CT molecular complexity index is 687. The highest BCUT2D eigenvalue weighted by molar-refractivity contribution is 7.15. The van der Waals surface area contributed by atoms with E-state index in [1.807, 2.05) is 12.1 Å². The quantitative estimate of drug-likeness (QED) is 0.920. The maximum absolute atomic E-state index is 8.99. The van der Waals surface area contributed by atoms with Crippen LogP contribution in [0, 0.1) is 11.3 Å². The van der Waals surface area contributed by atoms with Crippen LogP contribution in [-0.4, -0.2) is 12.1 Å². The molecule has 0 saturated heterocycles. The minimum Gasteiger partial charge on any atom is -0.496 e. The van der Waals surface area contributed by atoms with E-state index in [0.717, 1.165) is 36.3 Å². The SMILES string of the molecule is COc1cc(C#N)ccc1C1CCCc2nc(N)sc21. The number of aryl methyl sites for hydroxylation is 1. The van der Waals surface area contributed by atoms with Crippen molar-refractivity contribution < 1.29 is 4.74 Å². The van der Waals surface area contributed by atoms with Crippen LogP contribution in [0.5, 0.6) is 5.75 Å². The number of nitrogens with zero attached hydrogens (tertiary/aromatic N) is 2. The Morgan fingerprint density at radius 1 is 1.50 bits per heavy atom. The first-order chi connectivity index (χ1) is 9.72. The highest BCUT2D eigenvalue weighted by Gasteiger charge is 2.27. The van der Waals surface area contributed by atoms with Crippen molar-refractivity contribution in [1.29, 1.82) is 5.26 Å². The second kappa shape index (κ2) is 5.14. The van der Waals surface area contributed by atoms with Gasteiger partial charge in [0.05, 0.1) is 24.4 Å². The minimum absolute atomic E-state index is 0.274. The molecule has 4 nitrogen and oxygen atoms in total. The summed E-state index contributed by atoms with van der Waals surface area (Å²) in [5.74, 6) is 1.05. The van der Waals surface area contributed by atoms with Crippen molar-refractivity contribution in [1.82, 2.24) is 4.98 Å². The van der Waals surface area contributed by atoms with Gasteiger partial charge in [-0.3, -0.25) is 0 Å². The van der Waals surface area contributed by atoms with Crippen LogP contribution in [0.4, 0.5) is 5.13 Å². The first-order valence-electron chi connectivity index (χ1n) is 6.56. The largest absolute Gasteiger partial charge is 0.496 e. The first kappa shape index (κ1) is 12.9. The first-order valence-corrected chi connectivity index (χ1v) is 7.37. The normalized spacial score (nSPS) is 17.3. The zero-order valence-electron chi connectivity index (χ0n) is 11.2. The van der Waals surface area contributed by atoms with E-state index in [1.165, 1.54) is 4.88 Å². The van der Waals surface area contributed by atoms with Crippen molar-refractivity contribution >= 4 is 16.5 Å². The van der Waals surface area contributed by atoms with Crippen molar-refractivity contribution in [2.45, 2.75) is 25.2 Å². The molecule has 0 radical (unpaired) electrons. The molecule has 0 saturated carbocycles. The van der Waals surface area contributed by atoms with Gasteiger partial charge in [-0.2, -0.15) is 5.26 Å². The van der Waals surface area contributed by atoms with Gasteiger partial charge in [0.15, 0.2) is 5.13 Å².